The van der Waals surface area contributed by atoms with Gasteiger partial charge < -0.3 is 34.3 Å². The second-order valence-corrected chi connectivity index (χ2v) is 26.3. The SMILES string of the molecule is CC(C)N(C(C)C)[C@@H]1C[C@H](N(C(C)(C)C)C(C)(C)C)[C@@H](O[C@H]2OC(C(C)(C)C)CCC2N(C(C)C)C(C)(C)C)[C@H](O)[C@H]1O[C@H]1OC[C@](C)(O)[C@H](N(C(C)(C)C)C(C)(C)C)[C@H]1O. The molecule has 362 valence electrons. The standard InChI is InChI=1S/C50H100N4O7/c1-30(2)51(31(3)4)34-28-35(53(46(13,14)15)47(16,17)18)40(60-42-33(52(32(5)6)45(10,11)12)26-27-36(59-42)44(7,8)9)37(55)39(34)61-43-38(56)41(50(25,57)29-58-43)54(48(19,20)21)49(22,23)24/h30-43,55-57H,26-29H2,1-25H3/t33?,34-,35+,36?,37-,38-,39+,40-,41-,42-,43-,50+/m1/s1. The number of nitrogens with zero attached hydrogens (tertiary/aromatic N) is 4. The Morgan fingerprint density at radius 1 is 0.557 bits per heavy atom. The fraction of sp³-hybridized carbons (Fsp3) is 1.00. The summed E-state index contributed by atoms with van der Waals surface area (Å²) in [6.07, 6.45) is -3.28. The van der Waals surface area contributed by atoms with Crippen LogP contribution < -0.4 is 0 Å². The molecule has 1 saturated carbocycles. The monoisotopic (exact) mass is 869 g/mol. The Bertz CT molecular complexity index is 1340. The van der Waals surface area contributed by atoms with E-state index in [-0.39, 0.29) is 71.0 Å². The largest absolute Gasteiger partial charge is 0.388 e. The molecule has 3 rings (SSSR count). The summed E-state index contributed by atoms with van der Waals surface area (Å²) in [6.45, 7) is 54.7. The highest BCUT2D eigenvalue weighted by molar-refractivity contribution is 5.10. The number of ether oxygens (including phenoxy) is 4. The quantitative estimate of drug-likeness (QED) is 0.186. The molecule has 0 radical (unpaired) electrons. The Morgan fingerprint density at radius 2 is 1.00 bits per heavy atom. The van der Waals surface area contributed by atoms with E-state index in [0.717, 1.165) is 12.8 Å². The van der Waals surface area contributed by atoms with E-state index in [1.165, 1.54) is 0 Å². The first-order chi connectivity index (χ1) is 27.2. The zero-order valence-corrected chi connectivity index (χ0v) is 44.2. The third kappa shape index (κ3) is 12.7. The first-order valence-electron chi connectivity index (χ1n) is 24.0. The molecule has 3 N–H and O–H groups in total. The molecule has 0 amide bonds. The van der Waals surface area contributed by atoms with Crippen molar-refractivity contribution in [2.75, 3.05) is 6.61 Å². The molecule has 11 nitrogen and oxygen atoms in total. The van der Waals surface area contributed by atoms with Crippen LogP contribution in [0.25, 0.3) is 0 Å². The lowest BCUT2D eigenvalue weighted by Gasteiger charge is -2.60. The molecule has 11 heteroatoms. The molecule has 2 saturated heterocycles. The Kier molecular flexibility index (Phi) is 17.1. The summed E-state index contributed by atoms with van der Waals surface area (Å²) in [7, 11) is 0. The average Bonchev–Trinajstić information content (AvgIpc) is 3.00. The third-order valence-electron chi connectivity index (χ3n) is 13.3. The first kappa shape index (κ1) is 54.9. The number of aliphatic hydroxyl groups excluding tert-OH is 2. The van der Waals surface area contributed by atoms with Gasteiger partial charge >= 0.3 is 0 Å². The minimum Gasteiger partial charge on any atom is -0.388 e. The molecule has 0 spiro atoms. The zero-order chi connectivity index (χ0) is 47.5. The van der Waals surface area contributed by atoms with Gasteiger partial charge in [0.15, 0.2) is 12.6 Å². The van der Waals surface area contributed by atoms with Gasteiger partial charge in [0, 0.05) is 57.9 Å². The second kappa shape index (κ2) is 19.0. The van der Waals surface area contributed by atoms with Crippen molar-refractivity contribution in [2.24, 2.45) is 5.41 Å². The van der Waals surface area contributed by atoms with E-state index >= 15 is 0 Å². The predicted molar refractivity (Wildman–Crippen MR) is 251 cm³/mol. The normalized spacial score (nSPS) is 34.6. The van der Waals surface area contributed by atoms with E-state index in [0.29, 0.717) is 6.42 Å². The summed E-state index contributed by atoms with van der Waals surface area (Å²) >= 11 is 0. The van der Waals surface area contributed by atoms with Crippen LogP contribution in [0.15, 0.2) is 0 Å². The van der Waals surface area contributed by atoms with Gasteiger partial charge in [-0.3, -0.25) is 19.6 Å². The predicted octanol–water partition coefficient (Wildman–Crippen LogP) is 8.44. The van der Waals surface area contributed by atoms with Crippen molar-refractivity contribution in [1.82, 2.24) is 19.6 Å². The van der Waals surface area contributed by atoms with Gasteiger partial charge in [0.1, 0.15) is 30.0 Å². The van der Waals surface area contributed by atoms with Gasteiger partial charge in [-0.25, -0.2) is 0 Å². The van der Waals surface area contributed by atoms with E-state index < -0.39 is 59.7 Å². The second-order valence-electron chi connectivity index (χ2n) is 26.3. The van der Waals surface area contributed by atoms with E-state index in [2.05, 4.69) is 186 Å². The van der Waals surface area contributed by atoms with Gasteiger partial charge in [0.25, 0.3) is 0 Å². The maximum absolute atomic E-state index is 13.4. The minimum atomic E-state index is -1.38. The van der Waals surface area contributed by atoms with Crippen LogP contribution in [0.1, 0.15) is 192 Å². The van der Waals surface area contributed by atoms with Gasteiger partial charge in [-0.1, -0.05) is 20.8 Å². The molecule has 0 aromatic rings. The maximum atomic E-state index is 13.4. The molecule has 12 atom stereocenters. The smallest absolute Gasteiger partial charge is 0.185 e. The summed E-state index contributed by atoms with van der Waals surface area (Å²) in [5.74, 6) is 0. The van der Waals surface area contributed by atoms with Crippen LogP contribution in [0, 0.1) is 5.41 Å². The maximum Gasteiger partial charge on any atom is 0.185 e. The van der Waals surface area contributed by atoms with Crippen LogP contribution >= 0.6 is 0 Å². The molecular weight excluding hydrogens is 769 g/mol. The summed E-state index contributed by atoms with van der Waals surface area (Å²) < 4.78 is 28.3. The Labute approximate surface area is 375 Å². The van der Waals surface area contributed by atoms with Crippen LogP contribution in [-0.2, 0) is 18.9 Å². The lowest BCUT2D eigenvalue weighted by Crippen LogP contribution is -2.75. The fourth-order valence-corrected chi connectivity index (χ4v) is 12.5. The van der Waals surface area contributed by atoms with Crippen molar-refractivity contribution in [2.45, 2.75) is 311 Å². The molecular formula is C50H100N4O7. The van der Waals surface area contributed by atoms with Crippen LogP contribution in [0.4, 0.5) is 0 Å². The molecule has 0 aromatic heterocycles. The van der Waals surface area contributed by atoms with Gasteiger partial charge in [-0.15, -0.1) is 0 Å². The fourth-order valence-electron chi connectivity index (χ4n) is 12.5. The van der Waals surface area contributed by atoms with Crippen LogP contribution in [-0.4, -0.2) is 160 Å². The zero-order valence-electron chi connectivity index (χ0n) is 44.2. The van der Waals surface area contributed by atoms with Crippen LogP contribution in [0.2, 0.25) is 0 Å². The van der Waals surface area contributed by atoms with E-state index in [1.54, 1.807) is 6.92 Å². The lowest BCUT2D eigenvalue weighted by molar-refractivity contribution is -0.337. The van der Waals surface area contributed by atoms with Crippen molar-refractivity contribution in [3.63, 3.8) is 0 Å². The summed E-state index contributed by atoms with van der Waals surface area (Å²) in [5, 5.41) is 37.9. The molecule has 61 heavy (non-hydrogen) atoms. The van der Waals surface area contributed by atoms with Crippen molar-refractivity contribution in [1.29, 1.82) is 0 Å². The van der Waals surface area contributed by atoms with Gasteiger partial charge in [0.2, 0.25) is 0 Å². The van der Waals surface area contributed by atoms with Crippen LogP contribution in [0.3, 0.4) is 0 Å². The molecule has 0 aromatic carbocycles. The highest BCUT2D eigenvalue weighted by atomic mass is 16.7. The summed E-state index contributed by atoms with van der Waals surface area (Å²) in [6, 6.07) is -0.851. The van der Waals surface area contributed by atoms with E-state index in [1.807, 2.05) is 0 Å². The van der Waals surface area contributed by atoms with Gasteiger partial charge in [-0.2, -0.15) is 0 Å². The van der Waals surface area contributed by atoms with Gasteiger partial charge in [0.05, 0.1) is 24.8 Å². The number of hydrogen-bond acceptors (Lipinski definition) is 11. The van der Waals surface area contributed by atoms with E-state index in [9.17, 15) is 15.3 Å². The molecule has 2 unspecified atom stereocenters. The van der Waals surface area contributed by atoms with Crippen molar-refractivity contribution in [3.05, 3.63) is 0 Å². The Hall–Kier alpha value is -0.440. The molecule has 1 aliphatic carbocycles. The Balaban J connectivity index is 2.34. The van der Waals surface area contributed by atoms with Crippen molar-refractivity contribution >= 4 is 0 Å². The topological polar surface area (TPSA) is 111 Å². The highest BCUT2D eigenvalue weighted by Gasteiger charge is 2.59. The highest BCUT2D eigenvalue weighted by Crippen LogP contribution is 2.45. The summed E-state index contributed by atoms with van der Waals surface area (Å²) in [4.78, 5) is 9.73. The average molecular weight is 869 g/mol. The van der Waals surface area contributed by atoms with E-state index in [4.69, 9.17) is 18.9 Å². The van der Waals surface area contributed by atoms with Crippen molar-refractivity contribution in [3.8, 4) is 0 Å². The number of rotatable bonds is 11. The van der Waals surface area contributed by atoms with Crippen molar-refractivity contribution < 1.29 is 34.3 Å². The number of aliphatic hydroxyl groups is 3. The lowest BCUT2D eigenvalue weighted by atomic mass is 9.77. The molecule has 2 aliphatic heterocycles. The van der Waals surface area contributed by atoms with Gasteiger partial charge in [-0.05, 0) is 177 Å². The summed E-state index contributed by atoms with van der Waals surface area (Å²) in [5.41, 5.74) is -3.09. The molecule has 3 aliphatic rings. The Morgan fingerprint density at radius 3 is 1.39 bits per heavy atom. The van der Waals surface area contributed by atoms with Crippen LogP contribution in [0.5, 0.6) is 0 Å². The first-order valence-corrected chi connectivity index (χ1v) is 24.0. The number of hydrogen-bond donors (Lipinski definition) is 3. The molecule has 0 bridgehead atoms. The molecule has 3 fully saturated rings. The molecule has 2 heterocycles. The minimum absolute atomic E-state index is 0.0375. The third-order valence-corrected chi connectivity index (χ3v) is 13.3.